The van der Waals surface area contributed by atoms with E-state index in [0.717, 1.165) is 0 Å². The molecule has 0 bridgehead atoms. The van der Waals surface area contributed by atoms with Gasteiger partial charge < -0.3 is 20.4 Å². The van der Waals surface area contributed by atoms with E-state index in [2.05, 4.69) is 15.6 Å². The van der Waals surface area contributed by atoms with Crippen molar-refractivity contribution in [2.45, 2.75) is 18.1 Å². The number of pyridine rings is 1. The molecule has 156 valence electrons. The molecule has 1 aliphatic heterocycles. The maximum Gasteiger partial charge on any atom is 0.319 e. The maximum atomic E-state index is 13.6. The first-order valence-electron chi connectivity index (χ1n) is 9.23. The van der Waals surface area contributed by atoms with Gasteiger partial charge in [-0.05, 0) is 30.3 Å². The van der Waals surface area contributed by atoms with Crippen molar-refractivity contribution in [3.8, 4) is 5.75 Å². The first-order valence-corrected chi connectivity index (χ1v) is 9.61. The molecule has 9 heteroatoms. The van der Waals surface area contributed by atoms with E-state index in [1.807, 2.05) is 0 Å². The van der Waals surface area contributed by atoms with Gasteiger partial charge in [0.15, 0.2) is 5.60 Å². The molecule has 2 amide bonds. The van der Waals surface area contributed by atoms with E-state index < -0.39 is 31.0 Å². The van der Waals surface area contributed by atoms with Crippen LogP contribution in [0.5, 0.6) is 5.75 Å². The summed E-state index contributed by atoms with van der Waals surface area (Å²) in [5, 5.41) is 6.50. The minimum Gasteiger partial charge on any atom is -0.481 e. The molecule has 0 saturated carbocycles. The molecule has 0 fully saturated rings. The van der Waals surface area contributed by atoms with Crippen LogP contribution < -0.4 is 20.9 Å². The lowest BCUT2D eigenvalue weighted by Crippen LogP contribution is -2.49. The summed E-state index contributed by atoms with van der Waals surface area (Å²) in [6.45, 7) is -2.10. The Balaban J connectivity index is 1.61. The Hall–Kier alpha value is -3.13. The zero-order valence-corrected chi connectivity index (χ0v) is 16.4. The van der Waals surface area contributed by atoms with E-state index >= 15 is 0 Å². The highest BCUT2D eigenvalue weighted by molar-refractivity contribution is 6.30. The Labute approximate surface area is 175 Å². The lowest BCUT2D eigenvalue weighted by molar-refractivity contribution is -0.0104. The van der Waals surface area contributed by atoms with Crippen molar-refractivity contribution in [2.24, 2.45) is 0 Å². The summed E-state index contributed by atoms with van der Waals surface area (Å²) >= 11 is 5.99. The minimum atomic E-state index is -1.69. The van der Waals surface area contributed by atoms with Crippen molar-refractivity contribution >= 4 is 34.2 Å². The molecule has 3 N–H and O–H groups in total. The van der Waals surface area contributed by atoms with Crippen molar-refractivity contribution in [3.05, 3.63) is 69.5 Å². The van der Waals surface area contributed by atoms with E-state index in [1.54, 1.807) is 36.4 Å². The summed E-state index contributed by atoms with van der Waals surface area (Å²) in [5.41, 5.74) is -0.314. The number of aromatic nitrogens is 1. The number of urea groups is 1. The number of carbonyl (C=O) groups is 1. The number of hydrogen-bond acceptors (Lipinski definition) is 3. The van der Waals surface area contributed by atoms with E-state index in [0.29, 0.717) is 27.2 Å². The smallest absolute Gasteiger partial charge is 0.319 e. The van der Waals surface area contributed by atoms with E-state index in [1.165, 1.54) is 12.1 Å². The van der Waals surface area contributed by atoms with Gasteiger partial charge in [0.2, 0.25) is 5.56 Å². The van der Waals surface area contributed by atoms with Gasteiger partial charge in [0.1, 0.15) is 19.1 Å². The minimum absolute atomic E-state index is 0.0785. The molecule has 4 rings (SSSR count). The van der Waals surface area contributed by atoms with Crippen molar-refractivity contribution in [1.29, 1.82) is 0 Å². The largest absolute Gasteiger partial charge is 0.481 e. The van der Waals surface area contributed by atoms with E-state index in [-0.39, 0.29) is 17.7 Å². The zero-order valence-electron chi connectivity index (χ0n) is 15.7. The van der Waals surface area contributed by atoms with Crippen LogP contribution in [0, 0.1) is 0 Å². The average Bonchev–Trinajstić information content (AvgIpc) is 2.73. The highest BCUT2D eigenvalue weighted by Crippen LogP contribution is 2.41. The Bertz CT molecular complexity index is 1160. The summed E-state index contributed by atoms with van der Waals surface area (Å²) < 4.78 is 32.8. The topological polar surface area (TPSA) is 83.2 Å². The quantitative estimate of drug-likeness (QED) is 0.566. The predicted octanol–water partition coefficient (Wildman–Crippen LogP) is 4.50. The normalized spacial score (nSPS) is 17.1. The molecule has 6 nitrogen and oxygen atoms in total. The summed E-state index contributed by atoms with van der Waals surface area (Å²) in [7, 11) is 0. The lowest BCUT2D eigenvalue weighted by atomic mass is 9.88. The van der Waals surface area contributed by atoms with Gasteiger partial charge in [0.05, 0.1) is 17.2 Å². The Morgan fingerprint density at radius 3 is 2.77 bits per heavy atom. The molecule has 30 heavy (non-hydrogen) atoms. The van der Waals surface area contributed by atoms with E-state index in [4.69, 9.17) is 16.3 Å². The molecule has 2 aromatic carbocycles. The Morgan fingerprint density at radius 2 is 2.00 bits per heavy atom. The molecule has 1 aromatic heterocycles. The fourth-order valence-corrected chi connectivity index (χ4v) is 3.74. The monoisotopic (exact) mass is 433 g/mol. The summed E-state index contributed by atoms with van der Waals surface area (Å²) in [4.78, 5) is 26.9. The SMILES string of the molecule is O=C(Nc1cccc2[nH]c(=O)ccc12)N[C@@H]1CC(CF)(CF)Oc2cc(Cl)ccc21. The third kappa shape index (κ3) is 3.82. The van der Waals surface area contributed by atoms with Gasteiger partial charge in [0, 0.05) is 28.5 Å². The number of anilines is 1. The molecule has 0 saturated heterocycles. The number of benzene rings is 2. The Kier molecular flexibility index (Phi) is 5.34. The second kappa shape index (κ2) is 7.95. The van der Waals surface area contributed by atoms with Crippen LogP contribution in [0.1, 0.15) is 18.0 Å². The van der Waals surface area contributed by atoms with Crippen molar-refractivity contribution in [2.75, 3.05) is 18.7 Å². The van der Waals surface area contributed by atoms with Crippen LogP contribution in [0.25, 0.3) is 10.9 Å². The average molecular weight is 434 g/mol. The van der Waals surface area contributed by atoms with Crippen LogP contribution in [0.4, 0.5) is 19.3 Å². The molecule has 0 aliphatic carbocycles. The van der Waals surface area contributed by atoms with Gasteiger partial charge in [0.25, 0.3) is 0 Å². The molecule has 1 aliphatic rings. The maximum absolute atomic E-state index is 13.6. The number of carbonyl (C=O) groups excluding carboxylic acids is 1. The number of fused-ring (bicyclic) bond motifs is 2. The fraction of sp³-hybridized carbons (Fsp3) is 0.238. The number of aromatic amines is 1. The van der Waals surface area contributed by atoms with Crippen LogP contribution in [-0.4, -0.2) is 30.0 Å². The second-order valence-electron chi connectivity index (χ2n) is 7.18. The standard InChI is InChI=1S/C21H18ClF2N3O3/c22-12-4-5-14-17(9-21(10-23,11-24)30-18(14)8-12)27-20(29)26-16-3-1-2-15-13(16)6-7-19(28)25-15/h1-8,17H,9-11H2,(H,25,28)(H2,26,27,29)/t17-/m1/s1. The van der Waals surface area contributed by atoms with Gasteiger partial charge in [-0.25, -0.2) is 13.6 Å². The Morgan fingerprint density at radius 1 is 1.20 bits per heavy atom. The van der Waals surface area contributed by atoms with Crippen molar-refractivity contribution in [3.63, 3.8) is 0 Å². The number of nitrogens with one attached hydrogen (secondary N) is 3. The van der Waals surface area contributed by atoms with Gasteiger partial charge in [-0.3, -0.25) is 4.79 Å². The highest BCUT2D eigenvalue weighted by atomic mass is 35.5. The van der Waals surface area contributed by atoms with Gasteiger partial charge in [-0.2, -0.15) is 0 Å². The fourth-order valence-electron chi connectivity index (χ4n) is 3.58. The lowest BCUT2D eigenvalue weighted by Gasteiger charge is -2.39. The molecule has 2 heterocycles. The van der Waals surface area contributed by atoms with Crippen LogP contribution >= 0.6 is 11.6 Å². The molecule has 1 atom stereocenters. The van der Waals surface area contributed by atoms with Crippen LogP contribution in [0.15, 0.2) is 53.3 Å². The van der Waals surface area contributed by atoms with Gasteiger partial charge in [-0.15, -0.1) is 0 Å². The summed E-state index contributed by atoms with van der Waals surface area (Å²) in [6, 6.07) is 11.6. The molecule has 0 spiro atoms. The number of halogens is 3. The van der Waals surface area contributed by atoms with Crippen LogP contribution in [0.2, 0.25) is 5.02 Å². The van der Waals surface area contributed by atoms with Gasteiger partial charge >= 0.3 is 6.03 Å². The number of ether oxygens (including phenoxy) is 1. The predicted molar refractivity (Wildman–Crippen MR) is 111 cm³/mol. The van der Waals surface area contributed by atoms with Crippen LogP contribution in [-0.2, 0) is 0 Å². The first-order chi connectivity index (χ1) is 14.4. The van der Waals surface area contributed by atoms with Crippen molar-refractivity contribution < 1.29 is 18.3 Å². The third-order valence-electron chi connectivity index (χ3n) is 5.06. The third-order valence-corrected chi connectivity index (χ3v) is 5.29. The van der Waals surface area contributed by atoms with Crippen LogP contribution in [0.3, 0.4) is 0 Å². The summed E-state index contributed by atoms with van der Waals surface area (Å²) in [5.74, 6) is 0.233. The number of H-pyrrole nitrogens is 1. The molecule has 0 radical (unpaired) electrons. The second-order valence-corrected chi connectivity index (χ2v) is 7.62. The molecular weight excluding hydrogens is 416 g/mol. The molecule has 3 aromatic rings. The summed E-state index contributed by atoms with van der Waals surface area (Å²) in [6.07, 6.45) is -0.0785. The zero-order chi connectivity index (χ0) is 21.3. The number of rotatable bonds is 4. The first kappa shape index (κ1) is 20.2. The number of hydrogen-bond donors (Lipinski definition) is 3. The highest BCUT2D eigenvalue weighted by Gasteiger charge is 2.42. The number of alkyl halides is 2. The molecule has 0 unspecified atom stereocenters. The van der Waals surface area contributed by atoms with Gasteiger partial charge in [-0.1, -0.05) is 23.7 Å². The molecular formula is C21H18ClF2N3O3. The van der Waals surface area contributed by atoms with E-state index in [9.17, 15) is 18.4 Å². The van der Waals surface area contributed by atoms with Crippen molar-refractivity contribution in [1.82, 2.24) is 10.3 Å². The number of amides is 2.